The van der Waals surface area contributed by atoms with Gasteiger partial charge >= 0.3 is 0 Å². The van der Waals surface area contributed by atoms with Gasteiger partial charge in [0, 0.05) is 18.7 Å². The van der Waals surface area contributed by atoms with Crippen LogP contribution in [0.5, 0.6) is 5.75 Å². The van der Waals surface area contributed by atoms with Crippen molar-refractivity contribution < 1.29 is 4.74 Å². The summed E-state index contributed by atoms with van der Waals surface area (Å²) in [5.74, 6) is 1.06. The molecule has 19 heavy (non-hydrogen) atoms. The molecule has 2 aromatic carbocycles. The van der Waals surface area contributed by atoms with E-state index in [0.717, 1.165) is 18.8 Å². The molecule has 2 aromatic rings. The molecule has 0 bridgehead atoms. The minimum atomic E-state index is 0.671. The first-order chi connectivity index (χ1) is 9.22. The van der Waals surface area contributed by atoms with Gasteiger partial charge in [0.1, 0.15) is 12.5 Å². The summed E-state index contributed by atoms with van der Waals surface area (Å²) in [6, 6.07) is 14.9. The first-order valence-electron chi connectivity index (χ1n) is 6.71. The van der Waals surface area contributed by atoms with Crippen molar-refractivity contribution in [3.8, 4) is 5.75 Å². The number of fused-ring (bicyclic) bond motifs is 1. The number of hydrogen-bond acceptors (Lipinski definition) is 2. The molecule has 0 radical (unpaired) electrons. The standard InChI is InChI=1S/C17H19NO/c1-13-8-14(2)16-11-18(12-19-17(16)9-13)10-15-6-4-3-5-7-15/h3-9H,10-12H2,1-2H3. The molecule has 0 aliphatic carbocycles. The fourth-order valence-electron chi connectivity index (χ4n) is 2.66. The molecule has 1 aliphatic heterocycles. The molecular weight excluding hydrogens is 234 g/mol. The number of nitrogens with zero attached hydrogens (tertiary/aromatic N) is 1. The predicted molar refractivity (Wildman–Crippen MR) is 77.1 cm³/mol. The molecule has 2 heteroatoms. The van der Waals surface area contributed by atoms with Gasteiger partial charge in [-0.1, -0.05) is 36.4 Å². The molecule has 1 aliphatic rings. The van der Waals surface area contributed by atoms with Crippen LogP contribution in [0.15, 0.2) is 42.5 Å². The first-order valence-corrected chi connectivity index (χ1v) is 6.71. The summed E-state index contributed by atoms with van der Waals surface area (Å²) in [6.07, 6.45) is 0. The topological polar surface area (TPSA) is 12.5 Å². The summed E-state index contributed by atoms with van der Waals surface area (Å²) in [4.78, 5) is 2.33. The van der Waals surface area contributed by atoms with E-state index in [-0.39, 0.29) is 0 Å². The zero-order chi connectivity index (χ0) is 13.2. The van der Waals surface area contributed by atoms with Crippen molar-refractivity contribution in [2.24, 2.45) is 0 Å². The van der Waals surface area contributed by atoms with E-state index in [2.05, 4.69) is 61.2 Å². The number of ether oxygens (including phenoxy) is 1. The van der Waals surface area contributed by atoms with Gasteiger partial charge in [0.25, 0.3) is 0 Å². The highest BCUT2D eigenvalue weighted by atomic mass is 16.5. The van der Waals surface area contributed by atoms with E-state index < -0.39 is 0 Å². The number of aryl methyl sites for hydroxylation is 2. The molecule has 0 atom stereocenters. The van der Waals surface area contributed by atoms with Crippen molar-refractivity contribution in [3.05, 3.63) is 64.7 Å². The van der Waals surface area contributed by atoms with E-state index in [1.54, 1.807) is 0 Å². The first kappa shape index (κ1) is 12.2. The minimum absolute atomic E-state index is 0.671. The van der Waals surface area contributed by atoms with Crippen LogP contribution in [-0.4, -0.2) is 11.6 Å². The van der Waals surface area contributed by atoms with Gasteiger partial charge in [0.05, 0.1) is 0 Å². The van der Waals surface area contributed by atoms with E-state index in [0.29, 0.717) is 6.73 Å². The molecule has 2 nitrogen and oxygen atoms in total. The highest BCUT2D eigenvalue weighted by Crippen LogP contribution is 2.29. The Balaban J connectivity index is 1.79. The zero-order valence-corrected chi connectivity index (χ0v) is 11.5. The molecule has 0 unspecified atom stereocenters. The van der Waals surface area contributed by atoms with Crippen molar-refractivity contribution in [1.82, 2.24) is 4.90 Å². The van der Waals surface area contributed by atoms with Crippen LogP contribution >= 0.6 is 0 Å². The van der Waals surface area contributed by atoms with Gasteiger partial charge in [-0.2, -0.15) is 0 Å². The molecule has 0 fully saturated rings. The fourth-order valence-corrected chi connectivity index (χ4v) is 2.66. The number of hydrogen-bond donors (Lipinski definition) is 0. The van der Waals surface area contributed by atoms with Crippen molar-refractivity contribution in [2.45, 2.75) is 26.9 Å². The molecule has 98 valence electrons. The van der Waals surface area contributed by atoms with Gasteiger partial charge in [-0.3, -0.25) is 4.90 Å². The molecule has 0 spiro atoms. The average molecular weight is 253 g/mol. The third kappa shape index (κ3) is 2.64. The summed E-state index contributed by atoms with van der Waals surface area (Å²) in [5, 5.41) is 0. The lowest BCUT2D eigenvalue weighted by atomic mass is 10.0. The van der Waals surface area contributed by atoms with Crippen molar-refractivity contribution in [3.63, 3.8) is 0 Å². The Morgan fingerprint density at radius 3 is 2.68 bits per heavy atom. The normalized spacial score (nSPS) is 14.8. The maximum Gasteiger partial charge on any atom is 0.142 e. The summed E-state index contributed by atoms with van der Waals surface area (Å²) < 4.78 is 5.90. The van der Waals surface area contributed by atoms with Crippen molar-refractivity contribution >= 4 is 0 Å². The smallest absolute Gasteiger partial charge is 0.142 e. The minimum Gasteiger partial charge on any atom is -0.478 e. The fraction of sp³-hybridized carbons (Fsp3) is 0.294. The Labute approximate surface area is 114 Å². The van der Waals surface area contributed by atoms with E-state index in [4.69, 9.17) is 4.74 Å². The highest BCUT2D eigenvalue weighted by Gasteiger charge is 2.19. The molecule has 0 saturated heterocycles. The van der Waals surface area contributed by atoms with Gasteiger partial charge in [0.2, 0.25) is 0 Å². The van der Waals surface area contributed by atoms with Crippen LogP contribution in [0.1, 0.15) is 22.3 Å². The van der Waals surface area contributed by atoms with E-state index in [1.807, 2.05) is 0 Å². The van der Waals surface area contributed by atoms with Crippen molar-refractivity contribution in [2.75, 3.05) is 6.73 Å². The summed E-state index contributed by atoms with van der Waals surface area (Å²) in [5.41, 5.74) is 5.26. The lowest BCUT2D eigenvalue weighted by Gasteiger charge is -2.30. The number of benzene rings is 2. The summed E-state index contributed by atoms with van der Waals surface area (Å²) in [7, 11) is 0. The second kappa shape index (κ2) is 5.06. The monoisotopic (exact) mass is 253 g/mol. The van der Waals surface area contributed by atoms with E-state index in [1.165, 1.54) is 22.3 Å². The van der Waals surface area contributed by atoms with Crippen LogP contribution in [0.2, 0.25) is 0 Å². The summed E-state index contributed by atoms with van der Waals surface area (Å²) >= 11 is 0. The van der Waals surface area contributed by atoms with Crippen LogP contribution in [0.4, 0.5) is 0 Å². The number of rotatable bonds is 2. The third-order valence-electron chi connectivity index (χ3n) is 3.61. The third-order valence-corrected chi connectivity index (χ3v) is 3.61. The van der Waals surface area contributed by atoms with Crippen LogP contribution in [0, 0.1) is 13.8 Å². The molecule has 0 amide bonds. The largest absolute Gasteiger partial charge is 0.478 e. The molecule has 0 N–H and O–H groups in total. The van der Waals surface area contributed by atoms with Gasteiger partial charge in [-0.25, -0.2) is 0 Å². The maximum absolute atomic E-state index is 5.90. The second-order valence-corrected chi connectivity index (χ2v) is 5.30. The van der Waals surface area contributed by atoms with Gasteiger partial charge in [0.15, 0.2) is 0 Å². The van der Waals surface area contributed by atoms with Crippen LogP contribution < -0.4 is 4.74 Å². The molecular formula is C17H19NO. The highest BCUT2D eigenvalue weighted by molar-refractivity contribution is 5.43. The van der Waals surface area contributed by atoms with E-state index >= 15 is 0 Å². The lowest BCUT2D eigenvalue weighted by Crippen LogP contribution is -2.32. The molecule has 3 rings (SSSR count). The molecule has 0 saturated carbocycles. The van der Waals surface area contributed by atoms with Crippen LogP contribution in [0.25, 0.3) is 0 Å². The average Bonchev–Trinajstić information content (AvgIpc) is 2.40. The Morgan fingerprint density at radius 1 is 1.11 bits per heavy atom. The lowest BCUT2D eigenvalue weighted by molar-refractivity contribution is 0.0882. The molecule has 0 aromatic heterocycles. The van der Waals surface area contributed by atoms with Gasteiger partial charge in [-0.05, 0) is 36.6 Å². The SMILES string of the molecule is Cc1cc(C)c2c(c1)OCN(Cc1ccccc1)C2. The van der Waals surface area contributed by atoms with Crippen LogP contribution in [0.3, 0.4) is 0 Å². The summed E-state index contributed by atoms with van der Waals surface area (Å²) in [6.45, 7) is 6.86. The Kier molecular flexibility index (Phi) is 3.26. The quantitative estimate of drug-likeness (QED) is 0.810. The van der Waals surface area contributed by atoms with Gasteiger partial charge < -0.3 is 4.74 Å². The zero-order valence-electron chi connectivity index (χ0n) is 11.5. The predicted octanol–water partition coefficient (Wildman–Crippen LogP) is 3.66. The second-order valence-electron chi connectivity index (χ2n) is 5.30. The molecule has 1 heterocycles. The maximum atomic E-state index is 5.90. The van der Waals surface area contributed by atoms with E-state index in [9.17, 15) is 0 Å². The van der Waals surface area contributed by atoms with Crippen LogP contribution in [-0.2, 0) is 13.1 Å². The van der Waals surface area contributed by atoms with Crippen molar-refractivity contribution in [1.29, 1.82) is 0 Å². The Hall–Kier alpha value is -1.80. The Bertz CT molecular complexity index is 577. The van der Waals surface area contributed by atoms with Gasteiger partial charge in [-0.15, -0.1) is 0 Å². The Morgan fingerprint density at radius 2 is 1.89 bits per heavy atom.